The minimum absolute atomic E-state index is 0.626. The van der Waals surface area contributed by atoms with Crippen LogP contribution in [0.25, 0.3) is 5.57 Å². The lowest BCUT2D eigenvalue weighted by atomic mass is 9.90. The van der Waals surface area contributed by atoms with Crippen molar-refractivity contribution in [2.45, 2.75) is 67.6 Å². The Morgan fingerprint density at radius 1 is 0.480 bits per heavy atom. The minimum Gasteiger partial charge on any atom is -0.349 e. The third-order valence-electron chi connectivity index (χ3n) is 9.47. The number of hydrogen-bond acceptors (Lipinski definition) is 2. The van der Waals surface area contributed by atoms with Crippen molar-refractivity contribution in [2.24, 2.45) is 0 Å². The maximum atomic E-state index is 6.55. The molecule has 6 rings (SSSR count). The summed E-state index contributed by atoms with van der Waals surface area (Å²) in [5, 5.41) is 7.98. The van der Waals surface area contributed by atoms with Crippen molar-refractivity contribution in [3.05, 3.63) is 165 Å². The van der Waals surface area contributed by atoms with Gasteiger partial charge in [0.2, 0.25) is 0 Å². The van der Waals surface area contributed by atoms with Gasteiger partial charge in [0, 0.05) is 26.2 Å². The molecule has 0 unspecified atom stereocenters. The van der Waals surface area contributed by atoms with Crippen molar-refractivity contribution in [3.63, 3.8) is 0 Å². The van der Waals surface area contributed by atoms with Gasteiger partial charge in [-0.05, 0) is 109 Å². The molecule has 0 radical (unpaired) electrons. The van der Waals surface area contributed by atoms with Gasteiger partial charge in [-0.15, -0.1) is 0 Å². The van der Waals surface area contributed by atoms with Gasteiger partial charge in [0.15, 0.2) is 5.79 Å². The molecule has 5 aromatic carbocycles. The predicted molar refractivity (Wildman–Crippen MR) is 220 cm³/mol. The Morgan fingerprint density at radius 3 is 1.22 bits per heavy atom. The van der Waals surface area contributed by atoms with E-state index in [1.54, 1.807) is 14.2 Å². The molecule has 2 nitrogen and oxygen atoms in total. The van der Waals surface area contributed by atoms with Crippen LogP contribution in [0.4, 0.5) is 0 Å². The number of allylic oxidation sites excluding steroid dienone is 2. The standard InChI is InChI=1S/C46H50O2P2/c1-30-18-31(2)23-38(22-30)49(39-24-32(3)19-33(4)25-39)43-15-12-11-14-42(43)45-44(16-13-17-46(45,47-9)48-10)50(40-26-34(5)20-35(6)27-40)41-28-36(7)21-37(8)29-41/h11-16,18-29H,17H2,1-10H3. The average Bonchev–Trinajstić information content (AvgIpc) is 3.03. The van der Waals surface area contributed by atoms with E-state index in [1.807, 2.05) is 0 Å². The lowest BCUT2D eigenvalue weighted by molar-refractivity contribution is -0.159. The van der Waals surface area contributed by atoms with E-state index in [0.29, 0.717) is 6.42 Å². The highest BCUT2D eigenvalue weighted by Gasteiger charge is 2.42. The maximum Gasteiger partial charge on any atom is 0.199 e. The van der Waals surface area contributed by atoms with Crippen molar-refractivity contribution in [1.82, 2.24) is 0 Å². The zero-order valence-electron chi connectivity index (χ0n) is 31.3. The van der Waals surface area contributed by atoms with Gasteiger partial charge >= 0.3 is 0 Å². The molecule has 4 heteroatoms. The van der Waals surface area contributed by atoms with Gasteiger partial charge < -0.3 is 9.47 Å². The first-order chi connectivity index (χ1) is 23.9. The molecule has 0 amide bonds. The Morgan fingerprint density at radius 2 is 0.840 bits per heavy atom. The summed E-state index contributed by atoms with van der Waals surface area (Å²) in [5.41, 5.74) is 12.6. The van der Waals surface area contributed by atoms with E-state index < -0.39 is 21.6 Å². The average molecular weight is 697 g/mol. The van der Waals surface area contributed by atoms with Crippen LogP contribution in [0.2, 0.25) is 0 Å². The Labute approximate surface area is 302 Å². The molecule has 0 saturated carbocycles. The molecule has 0 bridgehead atoms. The summed E-state index contributed by atoms with van der Waals surface area (Å²) in [4.78, 5) is 0. The summed E-state index contributed by atoms with van der Waals surface area (Å²) in [6, 6.07) is 37.2. The second-order valence-electron chi connectivity index (χ2n) is 14.1. The molecular formula is C46H50O2P2. The Hall–Kier alpha value is -3.64. The summed E-state index contributed by atoms with van der Waals surface area (Å²) < 4.78 is 13.1. The van der Waals surface area contributed by atoms with Gasteiger partial charge in [-0.2, -0.15) is 0 Å². The SMILES string of the molecule is COC1(OC)CC=CC(P(c2cc(C)cc(C)c2)c2cc(C)cc(C)c2)=C1c1ccccc1P(c1cc(C)cc(C)c1)c1cc(C)cc(C)c1. The molecule has 0 heterocycles. The molecule has 0 aromatic heterocycles. The van der Waals surface area contributed by atoms with E-state index in [-0.39, 0.29) is 0 Å². The van der Waals surface area contributed by atoms with E-state index in [4.69, 9.17) is 9.47 Å². The quantitative estimate of drug-likeness (QED) is 0.113. The van der Waals surface area contributed by atoms with Crippen molar-refractivity contribution < 1.29 is 9.47 Å². The van der Waals surface area contributed by atoms with Crippen molar-refractivity contribution in [2.75, 3.05) is 14.2 Å². The number of ether oxygens (including phenoxy) is 2. The molecule has 0 aliphatic heterocycles. The molecule has 1 aliphatic rings. The number of hydrogen-bond donors (Lipinski definition) is 0. The molecule has 5 aromatic rings. The fourth-order valence-corrected chi connectivity index (χ4v) is 13.5. The number of benzene rings is 5. The maximum absolute atomic E-state index is 6.55. The summed E-state index contributed by atoms with van der Waals surface area (Å²) in [6.45, 7) is 17.7. The number of aryl methyl sites for hydroxylation is 8. The van der Waals surface area contributed by atoms with E-state index in [2.05, 4.69) is 165 Å². The third-order valence-corrected chi connectivity index (χ3v) is 14.3. The molecule has 50 heavy (non-hydrogen) atoms. The second kappa shape index (κ2) is 14.9. The van der Waals surface area contributed by atoms with Crippen LogP contribution >= 0.6 is 15.8 Å². The van der Waals surface area contributed by atoms with Crippen LogP contribution in [-0.4, -0.2) is 20.0 Å². The van der Waals surface area contributed by atoms with Crippen molar-refractivity contribution in [1.29, 1.82) is 0 Å². The number of methoxy groups -OCH3 is 2. The van der Waals surface area contributed by atoms with Crippen LogP contribution in [-0.2, 0) is 9.47 Å². The highest BCUT2D eigenvalue weighted by atomic mass is 31.1. The first-order valence-electron chi connectivity index (χ1n) is 17.5. The van der Waals surface area contributed by atoms with E-state index in [1.165, 1.54) is 81.9 Å². The van der Waals surface area contributed by atoms with Crippen molar-refractivity contribution in [3.8, 4) is 0 Å². The third kappa shape index (κ3) is 7.37. The second-order valence-corrected chi connectivity index (χ2v) is 18.5. The molecular weight excluding hydrogens is 646 g/mol. The van der Waals surface area contributed by atoms with Gasteiger partial charge in [-0.3, -0.25) is 0 Å². The molecule has 0 saturated heterocycles. The molecule has 0 spiro atoms. The number of rotatable bonds is 9. The van der Waals surface area contributed by atoms with Gasteiger partial charge in [0.1, 0.15) is 0 Å². The van der Waals surface area contributed by atoms with Gasteiger partial charge in [0.25, 0.3) is 0 Å². The lowest BCUT2D eigenvalue weighted by Crippen LogP contribution is -2.39. The van der Waals surface area contributed by atoms with Crippen LogP contribution in [0.15, 0.2) is 115 Å². The topological polar surface area (TPSA) is 18.5 Å². The first-order valence-corrected chi connectivity index (χ1v) is 20.1. The fraction of sp³-hybridized carbons (Fsp3) is 0.261. The minimum atomic E-state index is -0.987. The van der Waals surface area contributed by atoms with Crippen LogP contribution in [0.3, 0.4) is 0 Å². The van der Waals surface area contributed by atoms with E-state index >= 15 is 0 Å². The largest absolute Gasteiger partial charge is 0.349 e. The van der Waals surface area contributed by atoms with Crippen LogP contribution in [0.5, 0.6) is 0 Å². The molecule has 0 fully saturated rings. The zero-order chi connectivity index (χ0) is 35.7. The summed E-state index contributed by atoms with van der Waals surface area (Å²) in [7, 11) is 1.68. The molecule has 0 N–H and O–H groups in total. The van der Waals surface area contributed by atoms with Crippen LogP contribution in [0, 0.1) is 55.4 Å². The Balaban J connectivity index is 1.74. The highest BCUT2D eigenvalue weighted by molar-refractivity contribution is 7.80. The smallest absolute Gasteiger partial charge is 0.199 e. The monoisotopic (exact) mass is 696 g/mol. The Kier molecular flexibility index (Phi) is 10.8. The summed E-state index contributed by atoms with van der Waals surface area (Å²) >= 11 is 0. The van der Waals surface area contributed by atoms with Gasteiger partial charge in [-0.25, -0.2) is 0 Å². The lowest BCUT2D eigenvalue weighted by Gasteiger charge is -2.40. The molecule has 256 valence electrons. The van der Waals surface area contributed by atoms with Gasteiger partial charge in [-0.1, -0.05) is 154 Å². The van der Waals surface area contributed by atoms with E-state index in [9.17, 15) is 0 Å². The van der Waals surface area contributed by atoms with E-state index in [0.717, 1.165) is 5.57 Å². The summed E-state index contributed by atoms with van der Waals surface area (Å²) in [6.07, 6.45) is 5.26. The normalized spacial score (nSPS) is 14.2. The fourth-order valence-electron chi connectivity index (χ4n) is 7.74. The van der Waals surface area contributed by atoms with Crippen LogP contribution in [0.1, 0.15) is 56.5 Å². The Bertz CT molecular complexity index is 1930. The predicted octanol–water partition coefficient (Wildman–Crippen LogP) is 9.71. The highest BCUT2D eigenvalue weighted by Crippen LogP contribution is 2.54. The van der Waals surface area contributed by atoms with Crippen LogP contribution < -0.4 is 26.5 Å². The zero-order valence-corrected chi connectivity index (χ0v) is 33.1. The molecule has 0 atom stereocenters. The van der Waals surface area contributed by atoms with Crippen molar-refractivity contribution >= 4 is 47.9 Å². The molecule has 1 aliphatic carbocycles. The summed E-state index contributed by atoms with van der Waals surface area (Å²) in [5.74, 6) is -0.954. The van der Waals surface area contributed by atoms with Gasteiger partial charge in [0.05, 0.1) is 0 Å². The first kappa shape index (κ1) is 36.2.